The van der Waals surface area contributed by atoms with E-state index in [1.165, 1.54) is 186 Å². The number of phosphoric ester groups is 2. The van der Waals surface area contributed by atoms with Crippen molar-refractivity contribution in [3.8, 4) is 0 Å². The standard InChI is InChI=1S/C75H146O17P2/c1-8-9-10-11-12-13-14-15-16-17-18-19-20-25-28-31-34-44-51-58-74(79)91-70(62-85-72(77)56-49-42-33-30-27-24-22-21-23-26-29-32-39-46-53-66(2)3)64-89-93(81,82)87-60-69(76)61-88-94(83,84)90-65-71(92-75(80)59-52-45-38-36-41-48-55-68(6)7)63-86-73(78)57-50-43-37-35-40-47-54-67(4)5/h66-71,76H,8-65H2,1-7H3,(H,81,82)(H,83,84)/t69-,70-,71-/m1/s1. The molecule has 3 N–H and O–H groups in total. The number of hydrogen-bond donors (Lipinski definition) is 3. The summed E-state index contributed by atoms with van der Waals surface area (Å²) < 4.78 is 68.4. The lowest BCUT2D eigenvalue weighted by Crippen LogP contribution is -2.30. The van der Waals surface area contributed by atoms with E-state index in [9.17, 15) is 43.2 Å². The molecule has 0 aliphatic carbocycles. The summed E-state index contributed by atoms with van der Waals surface area (Å²) in [5.41, 5.74) is 0. The van der Waals surface area contributed by atoms with E-state index in [1.54, 1.807) is 0 Å². The van der Waals surface area contributed by atoms with Crippen LogP contribution in [-0.2, 0) is 65.4 Å². The van der Waals surface area contributed by atoms with Crippen molar-refractivity contribution in [1.29, 1.82) is 0 Å². The highest BCUT2D eigenvalue weighted by Crippen LogP contribution is 2.45. The van der Waals surface area contributed by atoms with Crippen LogP contribution in [0.15, 0.2) is 0 Å². The van der Waals surface area contributed by atoms with Gasteiger partial charge >= 0.3 is 39.5 Å². The number of carbonyl (C=O) groups excluding carboxylic acids is 4. The number of phosphoric acid groups is 2. The molecule has 0 aromatic carbocycles. The predicted molar refractivity (Wildman–Crippen MR) is 381 cm³/mol. The lowest BCUT2D eigenvalue weighted by molar-refractivity contribution is -0.161. The Hall–Kier alpha value is -1.94. The second kappa shape index (κ2) is 65.7. The number of carbonyl (C=O) groups is 4. The fraction of sp³-hybridized carbons (Fsp3) is 0.947. The quantitative estimate of drug-likeness (QED) is 0.0222. The molecule has 5 atom stereocenters. The Labute approximate surface area is 575 Å². The van der Waals surface area contributed by atoms with Gasteiger partial charge in [-0.15, -0.1) is 0 Å². The molecular formula is C75H146O17P2. The molecule has 19 heteroatoms. The van der Waals surface area contributed by atoms with Crippen LogP contribution in [0.3, 0.4) is 0 Å². The highest BCUT2D eigenvalue weighted by Gasteiger charge is 2.30. The Balaban J connectivity index is 5.19. The van der Waals surface area contributed by atoms with Gasteiger partial charge in [0.05, 0.1) is 26.4 Å². The summed E-state index contributed by atoms with van der Waals surface area (Å²) in [6.45, 7) is 11.7. The first-order valence-electron chi connectivity index (χ1n) is 38.8. The molecule has 0 aliphatic rings. The van der Waals surface area contributed by atoms with Crippen molar-refractivity contribution >= 4 is 39.5 Å². The third-order valence-corrected chi connectivity index (χ3v) is 19.3. The van der Waals surface area contributed by atoms with Crippen molar-refractivity contribution in [3.63, 3.8) is 0 Å². The topological polar surface area (TPSA) is 237 Å². The van der Waals surface area contributed by atoms with Gasteiger partial charge in [-0.05, 0) is 43.4 Å². The minimum Gasteiger partial charge on any atom is -0.462 e. The minimum absolute atomic E-state index is 0.101. The first-order chi connectivity index (χ1) is 45.2. The molecule has 0 aromatic rings. The van der Waals surface area contributed by atoms with Gasteiger partial charge in [0.25, 0.3) is 0 Å². The zero-order chi connectivity index (χ0) is 69.4. The molecule has 0 spiro atoms. The van der Waals surface area contributed by atoms with Gasteiger partial charge in [-0.1, -0.05) is 331 Å². The van der Waals surface area contributed by atoms with Crippen LogP contribution in [0.2, 0.25) is 0 Å². The average molecular weight is 1380 g/mol. The Bertz CT molecular complexity index is 1840. The van der Waals surface area contributed by atoms with Crippen LogP contribution < -0.4 is 0 Å². The number of esters is 4. The van der Waals surface area contributed by atoms with Gasteiger partial charge in [0.1, 0.15) is 19.3 Å². The summed E-state index contributed by atoms with van der Waals surface area (Å²) in [5.74, 6) is 0.0215. The average Bonchev–Trinajstić information content (AvgIpc) is 1.60. The molecule has 2 unspecified atom stereocenters. The van der Waals surface area contributed by atoms with Crippen LogP contribution >= 0.6 is 15.6 Å². The maximum absolute atomic E-state index is 13.1. The lowest BCUT2D eigenvalue weighted by Gasteiger charge is -2.21. The van der Waals surface area contributed by atoms with Crippen LogP contribution in [0.1, 0.15) is 382 Å². The Morgan fingerprint density at radius 3 is 0.723 bits per heavy atom. The van der Waals surface area contributed by atoms with Gasteiger partial charge in [-0.2, -0.15) is 0 Å². The Kier molecular flexibility index (Phi) is 64.3. The molecule has 17 nitrogen and oxygen atoms in total. The third-order valence-electron chi connectivity index (χ3n) is 17.4. The van der Waals surface area contributed by atoms with Gasteiger partial charge in [0.2, 0.25) is 0 Å². The Morgan fingerprint density at radius 2 is 0.489 bits per heavy atom. The maximum Gasteiger partial charge on any atom is 0.472 e. The van der Waals surface area contributed by atoms with Crippen molar-refractivity contribution in [3.05, 3.63) is 0 Å². The first kappa shape index (κ1) is 92.1. The largest absolute Gasteiger partial charge is 0.472 e. The zero-order valence-corrected chi connectivity index (χ0v) is 63.2. The first-order valence-corrected chi connectivity index (χ1v) is 41.8. The lowest BCUT2D eigenvalue weighted by atomic mass is 10.0. The number of aliphatic hydroxyl groups excluding tert-OH is 1. The fourth-order valence-electron chi connectivity index (χ4n) is 11.4. The van der Waals surface area contributed by atoms with Crippen molar-refractivity contribution in [2.75, 3.05) is 39.6 Å². The summed E-state index contributed by atoms with van der Waals surface area (Å²) in [7, 11) is -9.91. The van der Waals surface area contributed by atoms with Crippen LogP contribution in [0.4, 0.5) is 0 Å². The van der Waals surface area contributed by atoms with Crippen molar-refractivity contribution < 1.29 is 80.2 Å². The van der Waals surface area contributed by atoms with Gasteiger partial charge in [0.15, 0.2) is 12.2 Å². The SMILES string of the molecule is CCCCCCCCCCCCCCCCCCCCCC(=O)O[C@H](COC(=O)CCCCCCCCCCCCCCCCC(C)C)COP(=O)(O)OC[C@@H](O)COP(=O)(O)OC[C@@H](COC(=O)CCCCCCCCC(C)C)OC(=O)CCCCCCCCC(C)C. The molecule has 0 saturated heterocycles. The molecule has 558 valence electrons. The molecule has 0 amide bonds. The minimum atomic E-state index is -4.96. The molecular weight excluding hydrogens is 1230 g/mol. The summed E-state index contributed by atoms with van der Waals surface area (Å²) in [5, 5.41) is 10.6. The molecule has 0 aromatic heterocycles. The van der Waals surface area contributed by atoms with Crippen LogP contribution in [-0.4, -0.2) is 96.7 Å². The number of unbranched alkanes of at least 4 members (excludes halogenated alkanes) is 41. The molecule has 0 radical (unpaired) electrons. The second-order valence-corrected chi connectivity index (χ2v) is 31.4. The number of aliphatic hydroxyl groups is 1. The molecule has 0 rings (SSSR count). The normalized spacial score (nSPS) is 14.1. The summed E-state index contributed by atoms with van der Waals surface area (Å²) in [6, 6.07) is 0. The van der Waals surface area contributed by atoms with E-state index < -0.39 is 97.5 Å². The van der Waals surface area contributed by atoms with E-state index in [1.807, 2.05) is 0 Å². The number of hydrogen-bond acceptors (Lipinski definition) is 15. The Morgan fingerprint density at radius 1 is 0.287 bits per heavy atom. The van der Waals surface area contributed by atoms with Gasteiger partial charge in [-0.3, -0.25) is 37.3 Å². The van der Waals surface area contributed by atoms with Crippen LogP contribution in [0, 0.1) is 17.8 Å². The molecule has 0 saturated carbocycles. The number of rotatable bonds is 73. The molecule has 0 heterocycles. The third kappa shape index (κ3) is 68.6. The zero-order valence-electron chi connectivity index (χ0n) is 61.4. The summed E-state index contributed by atoms with van der Waals surface area (Å²) in [6.07, 6.45) is 51.8. The van der Waals surface area contributed by atoms with E-state index in [4.69, 9.17) is 37.0 Å². The van der Waals surface area contributed by atoms with Gasteiger partial charge in [-0.25, -0.2) is 9.13 Å². The van der Waals surface area contributed by atoms with E-state index in [0.29, 0.717) is 37.5 Å². The maximum atomic E-state index is 13.1. The summed E-state index contributed by atoms with van der Waals surface area (Å²) >= 11 is 0. The van der Waals surface area contributed by atoms with Gasteiger partial charge in [0, 0.05) is 25.7 Å². The van der Waals surface area contributed by atoms with Crippen molar-refractivity contribution in [2.45, 2.75) is 401 Å². The molecule has 0 fully saturated rings. The van der Waals surface area contributed by atoms with Crippen LogP contribution in [0.25, 0.3) is 0 Å². The number of ether oxygens (including phenoxy) is 4. The fourth-order valence-corrected chi connectivity index (χ4v) is 13.0. The smallest absolute Gasteiger partial charge is 0.462 e. The molecule has 0 bridgehead atoms. The van der Waals surface area contributed by atoms with Crippen molar-refractivity contribution in [2.24, 2.45) is 17.8 Å². The highest BCUT2D eigenvalue weighted by molar-refractivity contribution is 7.47. The van der Waals surface area contributed by atoms with Gasteiger partial charge < -0.3 is 33.8 Å². The van der Waals surface area contributed by atoms with E-state index >= 15 is 0 Å². The van der Waals surface area contributed by atoms with E-state index in [2.05, 4.69) is 48.5 Å². The monoisotopic (exact) mass is 1380 g/mol. The molecule has 0 aliphatic heterocycles. The second-order valence-electron chi connectivity index (χ2n) is 28.5. The molecule has 94 heavy (non-hydrogen) atoms. The van der Waals surface area contributed by atoms with E-state index in [-0.39, 0.29) is 25.7 Å². The van der Waals surface area contributed by atoms with Crippen LogP contribution in [0.5, 0.6) is 0 Å². The highest BCUT2D eigenvalue weighted by atomic mass is 31.2. The summed E-state index contributed by atoms with van der Waals surface area (Å²) in [4.78, 5) is 72.6. The van der Waals surface area contributed by atoms with E-state index in [0.717, 1.165) is 102 Å². The predicted octanol–water partition coefficient (Wildman–Crippen LogP) is 21.8. The van der Waals surface area contributed by atoms with Crippen molar-refractivity contribution in [1.82, 2.24) is 0 Å².